The van der Waals surface area contributed by atoms with Gasteiger partial charge in [0.25, 0.3) is 0 Å². The topological polar surface area (TPSA) is 52.1 Å². The summed E-state index contributed by atoms with van der Waals surface area (Å²) in [7, 11) is 1.66. The number of Topliss-reactive ketones (excluding diaryl/α,β-unsaturated/α-hetero) is 1. The largest absolute Gasteiger partial charge is 0.497 e. The third-order valence-electron chi connectivity index (χ3n) is 6.92. The third kappa shape index (κ3) is 2.78. The Hall–Kier alpha value is -1.88. The lowest BCUT2D eigenvalue weighted by Crippen LogP contribution is -2.35. The van der Waals surface area contributed by atoms with Gasteiger partial charge in [-0.25, -0.2) is 9.97 Å². The van der Waals surface area contributed by atoms with Crippen LogP contribution in [0.2, 0.25) is 0 Å². The number of nitrogens with zero attached hydrogens (tertiary/aromatic N) is 2. The van der Waals surface area contributed by atoms with E-state index in [0.29, 0.717) is 10.9 Å². The maximum atomic E-state index is 13.0. The number of hydrogen-bond acceptors (Lipinski definition) is 5. The summed E-state index contributed by atoms with van der Waals surface area (Å²) in [6.07, 6.45) is 2.12. The van der Waals surface area contributed by atoms with E-state index in [1.165, 1.54) is 0 Å². The molecule has 2 aliphatic carbocycles. The Balaban J connectivity index is 1.65. The van der Waals surface area contributed by atoms with Gasteiger partial charge >= 0.3 is 0 Å². The van der Waals surface area contributed by atoms with Crippen molar-refractivity contribution in [1.29, 1.82) is 0 Å². The van der Waals surface area contributed by atoms with Crippen molar-refractivity contribution in [2.24, 2.45) is 16.7 Å². The fraction of sp³-hybridized carbons (Fsp3) is 0.500. The first-order valence-electron chi connectivity index (χ1n) is 9.47. The minimum absolute atomic E-state index is 0.00675. The van der Waals surface area contributed by atoms with Crippen LogP contribution < -0.4 is 4.74 Å². The molecule has 142 valence electrons. The highest BCUT2D eigenvalue weighted by Gasteiger charge is 2.66. The van der Waals surface area contributed by atoms with Crippen molar-refractivity contribution in [3.63, 3.8) is 0 Å². The molecule has 0 saturated heterocycles. The molecule has 4 rings (SSSR count). The molecule has 2 aromatic rings. The molecule has 27 heavy (non-hydrogen) atoms. The number of carbonyl (C=O) groups is 1. The molecular formula is C22H26N2O2S. The summed E-state index contributed by atoms with van der Waals surface area (Å²) < 4.78 is 5.24. The molecule has 4 nitrogen and oxygen atoms in total. The van der Waals surface area contributed by atoms with Gasteiger partial charge in [0.05, 0.1) is 18.1 Å². The summed E-state index contributed by atoms with van der Waals surface area (Å²) in [5, 5.41) is 0.639. The second-order valence-electron chi connectivity index (χ2n) is 8.54. The molecule has 2 bridgehead atoms. The van der Waals surface area contributed by atoms with Crippen LogP contribution in [0.5, 0.6) is 5.75 Å². The van der Waals surface area contributed by atoms with E-state index in [4.69, 9.17) is 9.72 Å². The van der Waals surface area contributed by atoms with Crippen LogP contribution >= 0.6 is 11.8 Å². The van der Waals surface area contributed by atoms with Crippen molar-refractivity contribution in [3.05, 3.63) is 36.0 Å². The van der Waals surface area contributed by atoms with Crippen LogP contribution in [-0.4, -0.2) is 28.1 Å². The molecule has 0 spiro atoms. The highest BCUT2D eigenvalue weighted by atomic mass is 32.2. The third-order valence-corrected chi connectivity index (χ3v) is 8.30. The molecule has 1 aromatic carbocycles. The molecule has 3 atom stereocenters. The van der Waals surface area contributed by atoms with Crippen molar-refractivity contribution < 1.29 is 9.53 Å². The minimum atomic E-state index is -0.0585. The second-order valence-corrected chi connectivity index (χ2v) is 9.61. The molecule has 0 aliphatic heterocycles. The number of aryl methyl sites for hydroxylation is 1. The van der Waals surface area contributed by atoms with Crippen molar-refractivity contribution in [3.8, 4) is 17.0 Å². The van der Waals surface area contributed by atoms with Gasteiger partial charge in [0, 0.05) is 17.2 Å². The molecule has 2 aliphatic rings. The average Bonchev–Trinajstić information content (AvgIpc) is 2.95. The number of carbonyl (C=O) groups excluding carboxylic acids is 1. The van der Waals surface area contributed by atoms with Gasteiger partial charge in [-0.15, -0.1) is 0 Å². The van der Waals surface area contributed by atoms with Crippen LogP contribution in [-0.2, 0) is 4.79 Å². The standard InChI is InChI=1S/C22H26N2O2S/c1-13-12-17(14-6-8-15(26-5)9-7-14)24-20(23-13)27-19-18(25)16-10-11-22(19,4)21(16,2)3/h6-9,12,16,19H,10-11H2,1-5H3/t16-,19-,22-/m0/s1. The second kappa shape index (κ2) is 6.33. The van der Waals surface area contributed by atoms with Crippen LogP contribution in [0.1, 0.15) is 39.3 Å². The van der Waals surface area contributed by atoms with E-state index in [9.17, 15) is 4.79 Å². The molecule has 0 radical (unpaired) electrons. The predicted molar refractivity (Wildman–Crippen MR) is 108 cm³/mol. The van der Waals surface area contributed by atoms with Gasteiger partial charge in [-0.05, 0) is 60.9 Å². The van der Waals surface area contributed by atoms with Crippen molar-refractivity contribution in [2.75, 3.05) is 7.11 Å². The number of methoxy groups -OCH3 is 1. The lowest BCUT2D eigenvalue weighted by Gasteiger charge is -2.37. The number of rotatable bonds is 4. The summed E-state index contributed by atoms with van der Waals surface area (Å²) in [6, 6.07) is 9.86. The number of aromatic nitrogens is 2. The number of hydrogen-bond donors (Lipinski definition) is 0. The summed E-state index contributed by atoms with van der Waals surface area (Å²) in [5.41, 5.74) is 2.87. The van der Waals surface area contributed by atoms with E-state index < -0.39 is 0 Å². The number of fused-ring (bicyclic) bond motifs is 2. The molecule has 0 amide bonds. The highest BCUT2D eigenvalue weighted by molar-refractivity contribution is 8.00. The van der Waals surface area contributed by atoms with E-state index in [2.05, 4.69) is 25.8 Å². The maximum absolute atomic E-state index is 13.0. The summed E-state index contributed by atoms with van der Waals surface area (Å²) >= 11 is 1.56. The monoisotopic (exact) mass is 382 g/mol. The van der Waals surface area contributed by atoms with E-state index in [-0.39, 0.29) is 22.0 Å². The van der Waals surface area contributed by atoms with E-state index in [1.54, 1.807) is 18.9 Å². The number of ether oxygens (including phenoxy) is 1. The molecule has 1 heterocycles. The van der Waals surface area contributed by atoms with Crippen LogP contribution in [0.3, 0.4) is 0 Å². The smallest absolute Gasteiger partial charge is 0.189 e. The zero-order valence-corrected chi connectivity index (χ0v) is 17.4. The van der Waals surface area contributed by atoms with Crippen molar-refractivity contribution in [2.45, 2.75) is 50.9 Å². The fourth-order valence-corrected chi connectivity index (χ4v) is 6.31. The molecule has 1 aromatic heterocycles. The quantitative estimate of drug-likeness (QED) is 0.701. The normalized spacial score (nSPS) is 28.6. The molecule has 5 heteroatoms. The van der Waals surface area contributed by atoms with Gasteiger partial charge in [-0.3, -0.25) is 4.79 Å². The number of ketones is 1. The van der Waals surface area contributed by atoms with Gasteiger partial charge < -0.3 is 4.74 Å². The van der Waals surface area contributed by atoms with Gasteiger partial charge in [-0.2, -0.15) is 0 Å². The van der Waals surface area contributed by atoms with Gasteiger partial charge in [0.1, 0.15) is 11.5 Å². The molecular weight excluding hydrogens is 356 g/mol. The van der Waals surface area contributed by atoms with Crippen molar-refractivity contribution >= 4 is 17.5 Å². The van der Waals surface area contributed by atoms with E-state index >= 15 is 0 Å². The maximum Gasteiger partial charge on any atom is 0.189 e. The van der Waals surface area contributed by atoms with Gasteiger partial charge in [0.15, 0.2) is 5.16 Å². The van der Waals surface area contributed by atoms with Gasteiger partial charge in [-0.1, -0.05) is 32.5 Å². The zero-order chi connectivity index (χ0) is 19.4. The molecule has 0 unspecified atom stereocenters. The summed E-state index contributed by atoms with van der Waals surface area (Å²) in [5.74, 6) is 1.38. The Morgan fingerprint density at radius 3 is 2.44 bits per heavy atom. The molecule has 2 saturated carbocycles. The fourth-order valence-electron chi connectivity index (χ4n) is 4.79. The average molecular weight is 383 g/mol. The van der Waals surface area contributed by atoms with E-state index in [0.717, 1.165) is 35.5 Å². The first-order chi connectivity index (χ1) is 12.8. The first kappa shape index (κ1) is 18.5. The molecule has 2 fully saturated rings. The Labute approximate surface area is 165 Å². The minimum Gasteiger partial charge on any atom is -0.497 e. The Kier molecular flexibility index (Phi) is 4.34. The molecule has 0 N–H and O–H groups in total. The Bertz CT molecular complexity index is 894. The lowest BCUT2D eigenvalue weighted by atomic mass is 9.71. The van der Waals surface area contributed by atoms with Crippen LogP contribution in [0.15, 0.2) is 35.5 Å². The SMILES string of the molecule is COc1ccc(-c2cc(C)nc(S[C@H]3C(=O)[C@@H]4CC[C@]3(C)C4(C)C)n2)cc1. The van der Waals surface area contributed by atoms with Crippen molar-refractivity contribution in [1.82, 2.24) is 9.97 Å². The summed E-state index contributed by atoms with van der Waals surface area (Å²) in [4.78, 5) is 22.4. The van der Waals surface area contributed by atoms with Crippen LogP contribution in [0.4, 0.5) is 0 Å². The highest BCUT2D eigenvalue weighted by Crippen LogP contribution is 2.67. The van der Waals surface area contributed by atoms with Crippen LogP contribution in [0, 0.1) is 23.7 Å². The van der Waals surface area contributed by atoms with Crippen LogP contribution in [0.25, 0.3) is 11.3 Å². The van der Waals surface area contributed by atoms with E-state index in [1.807, 2.05) is 37.3 Å². The number of thioether (sulfide) groups is 1. The first-order valence-corrected chi connectivity index (χ1v) is 10.3. The summed E-state index contributed by atoms with van der Waals surface area (Å²) in [6.45, 7) is 8.76. The Morgan fingerprint density at radius 1 is 1.15 bits per heavy atom. The zero-order valence-electron chi connectivity index (χ0n) is 16.6. The van der Waals surface area contributed by atoms with Gasteiger partial charge in [0.2, 0.25) is 0 Å². The predicted octanol–water partition coefficient (Wildman–Crippen LogP) is 4.95. The Morgan fingerprint density at radius 2 is 1.85 bits per heavy atom. The lowest BCUT2D eigenvalue weighted by molar-refractivity contribution is -0.122. The number of benzene rings is 1.